The minimum absolute atomic E-state index is 0.838. The molecular weight excluding hydrogens is 334 g/mol. The van der Waals surface area contributed by atoms with E-state index in [1.807, 2.05) is 12.1 Å². The number of benzene rings is 1. The number of nitrogens with one attached hydrogen (secondary N) is 1. The number of aryl methyl sites for hydroxylation is 1. The SMILES string of the molecule is CCc1oc2ccccc2c1CNCc1sccc1Br. The molecule has 1 aromatic carbocycles. The second kappa shape index (κ2) is 6.12. The highest BCUT2D eigenvalue weighted by atomic mass is 79.9. The van der Waals surface area contributed by atoms with Gasteiger partial charge in [-0.15, -0.1) is 11.3 Å². The average Bonchev–Trinajstić information content (AvgIpc) is 3.03. The quantitative estimate of drug-likeness (QED) is 0.692. The largest absolute Gasteiger partial charge is 0.461 e. The van der Waals surface area contributed by atoms with Crippen LogP contribution < -0.4 is 5.32 Å². The van der Waals surface area contributed by atoms with Crippen molar-refractivity contribution in [2.24, 2.45) is 0 Å². The molecule has 0 saturated heterocycles. The summed E-state index contributed by atoms with van der Waals surface area (Å²) in [6.45, 7) is 3.85. The summed E-state index contributed by atoms with van der Waals surface area (Å²) in [4.78, 5) is 1.33. The molecule has 3 rings (SSSR count). The number of para-hydroxylation sites is 1. The first-order chi connectivity index (χ1) is 9.79. The van der Waals surface area contributed by atoms with Crippen molar-refractivity contribution in [2.75, 3.05) is 0 Å². The molecule has 0 aliphatic carbocycles. The minimum Gasteiger partial charge on any atom is -0.461 e. The second-order valence-electron chi connectivity index (χ2n) is 4.65. The van der Waals surface area contributed by atoms with E-state index in [0.717, 1.165) is 30.9 Å². The van der Waals surface area contributed by atoms with Crippen molar-refractivity contribution >= 4 is 38.2 Å². The second-order valence-corrected chi connectivity index (χ2v) is 6.50. The predicted octanol–water partition coefficient (Wildman–Crippen LogP) is 5.11. The Morgan fingerprint density at radius 1 is 1.20 bits per heavy atom. The van der Waals surface area contributed by atoms with Crippen LogP contribution in [0.5, 0.6) is 0 Å². The molecular formula is C16H16BrNOS. The highest BCUT2D eigenvalue weighted by Gasteiger charge is 2.12. The van der Waals surface area contributed by atoms with Crippen LogP contribution in [0.25, 0.3) is 11.0 Å². The summed E-state index contributed by atoms with van der Waals surface area (Å²) >= 11 is 5.33. The molecule has 1 N–H and O–H groups in total. The standard InChI is InChI=1S/C16H16BrNOS/c1-2-14-12(11-5-3-4-6-15(11)19-14)9-18-10-16-13(17)7-8-20-16/h3-8,18H,2,9-10H2,1H3. The lowest BCUT2D eigenvalue weighted by molar-refractivity contribution is 0.544. The van der Waals surface area contributed by atoms with Gasteiger partial charge >= 0.3 is 0 Å². The van der Waals surface area contributed by atoms with Crippen molar-refractivity contribution < 1.29 is 4.42 Å². The molecule has 0 fully saturated rings. The summed E-state index contributed by atoms with van der Waals surface area (Å²) in [7, 11) is 0. The smallest absolute Gasteiger partial charge is 0.134 e. The van der Waals surface area contributed by atoms with Crippen LogP contribution in [0, 0.1) is 0 Å². The van der Waals surface area contributed by atoms with E-state index in [1.165, 1.54) is 20.3 Å². The third kappa shape index (κ3) is 2.68. The maximum Gasteiger partial charge on any atom is 0.134 e. The first kappa shape index (κ1) is 13.9. The first-order valence-corrected chi connectivity index (χ1v) is 8.38. The van der Waals surface area contributed by atoms with Crippen LogP contribution in [-0.2, 0) is 19.5 Å². The molecule has 0 spiro atoms. The summed E-state index contributed by atoms with van der Waals surface area (Å²) in [5, 5.41) is 6.85. The molecule has 2 heterocycles. The van der Waals surface area contributed by atoms with E-state index >= 15 is 0 Å². The molecule has 20 heavy (non-hydrogen) atoms. The van der Waals surface area contributed by atoms with E-state index in [1.54, 1.807) is 11.3 Å². The number of hydrogen-bond donors (Lipinski definition) is 1. The van der Waals surface area contributed by atoms with E-state index in [0.29, 0.717) is 0 Å². The third-order valence-corrected chi connectivity index (χ3v) is 5.31. The fourth-order valence-electron chi connectivity index (χ4n) is 2.38. The minimum atomic E-state index is 0.838. The van der Waals surface area contributed by atoms with E-state index in [-0.39, 0.29) is 0 Å². The molecule has 0 aliphatic rings. The van der Waals surface area contributed by atoms with Crippen LogP contribution in [0.2, 0.25) is 0 Å². The number of fused-ring (bicyclic) bond motifs is 1. The Bertz CT molecular complexity index is 716. The van der Waals surface area contributed by atoms with Crippen LogP contribution in [0.3, 0.4) is 0 Å². The molecule has 0 bridgehead atoms. The van der Waals surface area contributed by atoms with E-state index < -0.39 is 0 Å². The van der Waals surface area contributed by atoms with Crippen LogP contribution in [0.15, 0.2) is 44.6 Å². The fourth-order valence-corrected chi connectivity index (χ4v) is 3.84. The topological polar surface area (TPSA) is 25.2 Å². The van der Waals surface area contributed by atoms with Crippen molar-refractivity contribution in [3.8, 4) is 0 Å². The fraction of sp³-hybridized carbons (Fsp3) is 0.250. The molecule has 0 saturated carbocycles. The monoisotopic (exact) mass is 349 g/mol. The summed E-state index contributed by atoms with van der Waals surface area (Å²) < 4.78 is 7.10. The van der Waals surface area contributed by atoms with Gasteiger partial charge in [-0.1, -0.05) is 25.1 Å². The van der Waals surface area contributed by atoms with Gasteiger partial charge in [0.05, 0.1) is 0 Å². The van der Waals surface area contributed by atoms with Crippen molar-refractivity contribution in [3.05, 3.63) is 56.4 Å². The van der Waals surface area contributed by atoms with Gasteiger partial charge in [0.25, 0.3) is 0 Å². The molecule has 0 atom stereocenters. The molecule has 0 aliphatic heterocycles. The lowest BCUT2D eigenvalue weighted by atomic mass is 10.1. The Hall–Kier alpha value is -1.10. The first-order valence-electron chi connectivity index (χ1n) is 6.71. The normalized spacial score (nSPS) is 11.3. The van der Waals surface area contributed by atoms with Crippen LogP contribution in [0.4, 0.5) is 0 Å². The van der Waals surface area contributed by atoms with Gasteiger partial charge < -0.3 is 9.73 Å². The van der Waals surface area contributed by atoms with Gasteiger partial charge in [0.1, 0.15) is 11.3 Å². The maximum atomic E-state index is 5.91. The van der Waals surface area contributed by atoms with Crippen molar-refractivity contribution in [1.29, 1.82) is 0 Å². The van der Waals surface area contributed by atoms with Gasteiger partial charge in [0.15, 0.2) is 0 Å². The van der Waals surface area contributed by atoms with Gasteiger partial charge in [0.2, 0.25) is 0 Å². The maximum absolute atomic E-state index is 5.91. The van der Waals surface area contributed by atoms with Crippen LogP contribution in [0.1, 0.15) is 23.1 Å². The average molecular weight is 350 g/mol. The Kier molecular flexibility index (Phi) is 4.24. The predicted molar refractivity (Wildman–Crippen MR) is 88.2 cm³/mol. The molecule has 2 aromatic heterocycles. The molecule has 0 unspecified atom stereocenters. The lowest BCUT2D eigenvalue weighted by Gasteiger charge is -2.04. The summed E-state index contributed by atoms with van der Waals surface area (Å²) in [5.74, 6) is 1.09. The highest BCUT2D eigenvalue weighted by Crippen LogP contribution is 2.27. The number of furan rings is 1. The van der Waals surface area contributed by atoms with Crippen molar-refractivity contribution in [1.82, 2.24) is 5.32 Å². The van der Waals surface area contributed by atoms with Crippen molar-refractivity contribution in [3.63, 3.8) is 0 Å². The summed E-state index contributed by atoms with van der Waals surface area (Å²) in [6, 6.07) is 10.3. The molecule has 2 nitrogen and oxygen atoms in total. The zero-order valence-electron chi connectivity index (χ0n) is 11.3. The molecule has 104 valence electrons. The number of rotatable bonds is 5. The Balaban J connectivity index is 1.78. The number of thiophene rings is 1. The molecule has 3 aromatic rings. The van der Waals surface area contributed by atoms with Gasteiger partial charge in [-0.3, -0.25) is 0 Å². The lowest BCUT2D eigenvalue weighted by Crippen LogP contribution is -2.12. The number of halogens is 1. The van der Waals surface area contributed by atoms with Gasteiger partial charge in [-0.25, -0.2) is 0 Å². The zero-order valence-corrected chi connectivity index (χ0v) is 13.7. The van der Waals surface area contributed by atoms with Gasteiger partial charge in [-0.2, -0.15) is 0 Å². The molecule has 0 amide bonds. The highest BCUT2D eigenvalue weighted by molar-refractivity contribution is 9.10. The van der Waals surface area contributed by atoms with E-state index in [2.05, 4.69) is 51.7 Å². The van der Waals surface area contributed by atoms with Crippen LogP contribution >= 0.6 is 27.3 Å². The summed E-state index contributed by atoms with van der Waals surface area (Å²) in [6.07, 6.45) is 0.925. The van der Waals surface area contributed by atoms with E-state index in [9.17, 15) is 0 Å². The van der Waals surface area contributed by atoms with E-state index in [4.69, 9.17) is 4.42 Å². The van der Waals surface area contributed by atoms with Gasteiger partial charge in [0, 0.05) is 39.8 Å². The zero-order chi connectivity index (χ0) is 13.9. The Morgan fingerprint density at radius 3 is 2.80 bits per heavy atom. The molecule has 0 radical (unpaired) electrons. The van der Waals surface area contributed by atoms with Crippen LogP contribution in [-0.4, -0.2) is 0 Å². The Labute approximate surface area is 130 Å². The Morgan fingerprint density at radius 2 is 2.05 bits per heavy atom. The third-order valence-electron chi connectivity index (χ3n) is 3.38. The van der Waals surface area contributed by atoms with Crippen molar-refractivity contribution in [2.45, 2.75) is 26.4 Å². The van der Waals surface area contributed by atoms with Gasteiger partial charge in [-0.05, 0) is 33.4 Å². The summed E-state index contributed by atoms with van der Waals surface area (Å²) in [5.41, 5.74) is 2.27. The molecule has 4 heteroatoms. The number of hydrogen-bond acceptors (Lipinski definition) is 3.